The van der Waals surface area contributed by atoms with Gasteiger partial charge in [-0.05, 0) is 0 Å². The zero-order chi connectivity index (χ0) is 11.1. The van der Waals surface area contributed by atoms with Gasteiger partial charge in [0.05, 0.1) is 0 Å². The molecule has 0 saturated heterocycles. The molecule has 1 atom stereocenters. The summed E-state index contributed by atoms with van der Waals surface area (Å²) in [5.41, 5.74) is 2.67. The van der Waals surface area contributed by atoms with Crippen LogP contribution >= 0.6 is 0 Å². The van der Waals surface area contributed by atoms with Gasteiger partial charge in [-0.15, -0.1) is 0 Å². The summed E-state index contributed by atoms with van der Waals surface area (Å²) in [4.78, 5) is 0. The average Bonchev–Trinajstić information content (AvgIpc) is 2.80. The molecule has 3 rings (SSSR count). The van der Waals surface area contributed by atoms with Crippen LogP contribution in [-0.2, 0) is 0 Å². The van der Waals surface area contributed by atoms with Crippen molar-refractivity contribution in [2.75, 3.05) is 0 Å². The normalized spacial score (nSPS) is 18.4. The molecule has 74 valence electrons. The van der Waals surface area contributed by atoms with E-state index in [0.29, 0.717) is 5.92 Å². The summed E-state index contributed by atoms with van der Waals surface area (Å²) in [5, 5.41) is 0. The Morgan fingerprint density at radius 2 is 1.94 bits per heavy atom. The Morgan fingerprint density at radius 1 is 1.12 bits per heavy atom. The van der Waals surface area contributed by atoms with Gasteiger partial charge in [-0.1, -0.05) is 0 Å². The predicted molar refractivity (Wildman–Crippen MR) is 65.5 cm³/mol. The fourth-order valence-electron chi connectivity index (χ4n) is 2.47. The van der Waals surface area contributed by atoms with Crippen molar-refractivity contribution in [2.24, 2.45) is 0 Å². The van der Waals surface area contributed by atoms with Crippen LogP contribution in [0.2, 0.25) is 0 Å². The molecule has 1 aromatic heterocycles. The number of aryl methyl sites for hydroxylation is 1. The van der Waals surface area contributed by atoms with Crippen molar-refractivity contribution in [3.8, 4) is 0 Å². The van der Waals surface area contributed by atoms with Crippen LogP contribution in [0.25, 0.3) is 6.08 Å². The number of hydrogen-bond acceptors (Lipinski definition) is 1. The number of hydrogen-bond donors (Lipinski definition) is 0. The molecule has 1 nitrogen and oxygen atoms in total. The number of benzene rings is 1. The van der Waals surface area contributed by atoms with Crippen LogP contribution in [-0.4, -0.2) is 17.7 Å². The van der Waals surface area contributed by atoms with Crippen LogP contribution in [0.1, 0.15) is 28.6 Å². The molecule has 16 heavy (non-hydrogen) atoms. The summed E-state index contributed by atoms with van der Waals surface area (Å²) in [6.07, 6.45) is 2.25. The summed E-state index contributed by atoms with van der Waals surface area (Å²) in [6.45, 7) is 1.99. The first-order valence-corrected chi connectivity index (χ1v) is 5.59. The summed E-state index contributed by atoms with van der Waals surface area (Å²) in [5.74, 6) is 2.34. The molecule has 1 aromatic carbocycles. The Balaban J connectivity index is 2.13. The third kappa shape index (κ3) is 1.48. The predicted octanol–water partition coefficient (Wildman–Crippen LogP) is 3.24. The Kier molecular flexibility index (Phi) is 2.32. The SMILES string of the molecule is [Li][C]1=Cc2ccccc2C1c1ccc(C)o1. The van der Waals surface area contributed by atoms with E-state index in [1.807, 2.05) is 13.0 Å². The molecule has 0 saturated carbocycles. The number of rotatable bonds is 1. The Hall–Kier alpha value is -1.16. The summed E-state index contributed by atoms with van der Waals surface area (Å²) >= 11 is 2.17. The Morgan fingerprint density at radius 3 is 2.69 bits per heavy atom. The molecule has 2 heteroatoms. The van der Waals surface area contributed by atoms with E-state index in [9.17, 15) is 0 Å². The molecule has 0 bridgehead atoms. The first-order valence-electron chi connectivity index (χ1n) is 5.59. The number of furan rings is 1. The van der Waals surface area contributed by atoms with Crippen LogP contribution in [0, 0.1) is 6.92 Å². The molecule has 1 unspecified atom stereocenters. The van der Waals surface area contributed by atoms with Crippen LogP contribution < -0.4 is 0 Å². The molecule has 1 heterocycles. The zero-order valence-electron chi connectivity index (χ0n) is 9.53. The van der Waals surface area contributed by atoms with Crippen LogP contribution in [0.5, 0.6) is 0 Å². The Labute approximate surface area is 104 Å². The molecule has 0 fully saturated rings. The zero-order valence-corrected chi connectivity index (χ0v) is 9.53. The van der Waals surface area contributed by atoms with Gasteiger partial charge in [0.15, 0.2) is 0 Å². The fraction of sp³-hybridized carbons (Fsp3) is 0.143. The van der Waals surface area contributed by atoms with E-state index >= 15 is 0 Å². The van der Waals surface area contributed by atoms with E-state index in [-0.39, 0.29) is 0 Å². The summed E-state index contributed by atoms with van der Waals surface area (Å²) < 4.78 is 7.11. The molecule has 2 aromatic rings. The van der Waals surface area contributed by atoms with E-state index in [1.165, 1.54) is 15.4 Å². The monoisotopic (exact) mass is 202 g/mol. The quantitative estimate of drug-likeness (QED) is 0.647. The van der Waals surface area contributed by atoms with Gasteiger partial charge in [-0.3, -0.25) is 0 Å². The van der Waals surface area contributed by atoms with Crippen molar-refractivity contribution >= 4 is 23.8 Å². The van der Waals surface area contributed by atoms with Gasteiger partial charge in [0.25, 0.3) is 0 Å². The van der Waals surface area contributed by atoms with Gasteiger partial charge < -0.3 is 0 Å². The summed E-state index contributed by atoms with van der Waals surface area (Å²) in [6, 6.07) is 12.6. The van der Waals surface area contributed by atoms with E-state index in [2.05, 4.69) is 54.1 Å². The second kappa shape index (κ2) is 3.70. The van der Waals surface area contributed by atoms with Crippen molar-refractivity contribution < 1.29 is 4.42 Å². The first-order chi connectivity index (χ1) is 7.75. The molecule has 0 N–H and O–H groups in total. The number of allylic oxidation sites excluding steroid dienone is 1. The molecular weight excluding hydrogens is 191 g/mol. The standard InChI is InChI=1S/C14H11O.Li/c1-10-6-9-14(15-10)13-8-7-11-4-2-3-5-12(11)13;/h2-7,9,13H,1H3;. The van der Waals surface area contributed by atoms with E-state index in [0.717, 1.165) is 11.5 Å². The summed E-state index contributed by atoms with van der Waals surface area (Å²) in [7, 11) is 0. The maximum atomic E-state index is 5.75. The van der Waals surface area contributed by atoms with E-state index < -0.39 is 0 Å². The average molecular weight is 202 g/mol. The van der Waals surface area contributed by atoms with E-state index in [4.69, 9.17) is 4.42 Å². The van der Waals surface area contributed by atoms with Crippen molar-refractivity contribution in [1.82, 2.24) is 0 Å². The molecular formula is C14H11LiO. The minimum absolute atomic E-state index is 0.310. The second-order valence-corrected chi connectivity index (χ2v) is 4.40. The van der Waals surface area contributed by atoms with Gasteiger partial charge in [0.1, 0.15) is 0 Å². The Bertz CT molecular complexity index is 566. The molecule has 0 aliphatic heterocycles. The second-order valence-electron chi connectivity index (χ2n) is 4.40. The van der Waals surface area contributed by atoms with Crippen molar-refractivity contribution in [1.29, 1.82) is 0 Å². The van der Waals surface area contributed by atoms with Gasteiger partial charge in [0, 0.05) is 0 Å². The van der Waals surface area contributed by atoms with Gasteiger partial charge in [-0.25, -0.2) is 0 Å². The van der Waals surface area contributed by atoms with Crippen molar-refractivity contribution in [3.05, 3.63) is 63.3 Å². The topological polar surface area (TPSA) is 13.1 Å². The van der Waals surface area contributed by atoms with Crippen molar-refractivity contribution in [3.63, 3.8) is 0 Å². The molecule has 0 radical (unpaired) electrons. The van der Waals surface area contributed by atoms with Crippen LogP contribution in [0.15, 0.2) is 45.1 Å². The molecule has 1 aliphatic carbocycles. The van der Waals surface area contributed by atoms with Crippen LogP contribution in [0.3, 0.4) is 0 Å². The van der Waals surface area contributed by atoms with E-state index in [1.54, 1.807) is 0 Å². The minimum atomic E-state index is 0.310. The van der Waals surface area contributed by atoms with Crippen molar-refractivity contribution in [2.45, 2.75) is 12.8 Å². The molecule has 0 spiro atoms. The van der Waals surface area contributed by atoms with Crippen LogP contribution in [0.4, 0.5) is 0 Å². The third-order valence-corrected chi connectivity index (χ3v) is 3.19. The number of fused-ring (bicyclic) bond motifs is 1. The van der Waals surface area contributed by atoms with Gasteiger partial charge in [-0.2, -0.15) is 0 Å². The third-order valence-electron chi connectivity index (χ3n) is 3.19. The fourth-order valence-corrected chi connectivity index (χ4v) is 2.47. The maximum absolute atomic E-state index is 5.75. The first kappa shape index (κ1) is 10.0. The molecule has 0 amide bonds. The molecule has 1 aliphatic rings. The van der Waals surface area contributed by atoms with Gasteiger partial charge >= 0.3 is 104 Å². The van der Waals surface area contributed by atoms with Gasteiger partial charge in [0.2, 0.25) is 0 Å².